The van der Waals surface area contributed by atoms with Crippen LogP contribution in [0.2, 0.25) is 0 Å². The third-order valence-electron chi connectivity index (χ3n) is 3.43. The summed E-state index contributed by atoms with van der Waals surface area (Å²) in [6, 6.07) is 16.7. The van der Waals surface area contributed by atoms with E-state index in [1.54, 1.807) is 24.1 Å². The quantitative estimate of drug-likeness (QED) is 0.912. The van der Waals surface area contributed by atoms with E-state index < -0.39 is 0 Å². The van der Waals surface area contributed by atoms with Crippen LogP contribution < -0.4 is 15.0 Å². The summed E-state index contributed by atoms with van der Waals surface area (Å²) in [4.78, 5) is 13.5. The molecule has 0 atom stereocenters. The molecular formula is C19H21N3O2. The van der Waals surface area contributed by atoms with E-state index in [1.165, 1.54) is 0 Å². The number of carbonyl (C=O) groups excluding carboxylic acids is 1. The summed E-state index contributed by atoms with van der Waals surface area (Å²) in [6.07, 6.45) is 0. The fourth-order valence-corrected chi connectivity index (χ4v) is 2.07. The highest BCUT2D eigenvalue weighted by molar-refractivity contribution is 5.91. The molecule has 2 aromatic carbocycles. The summed E-state index contributed by atoms with van der Waals surface area (Å²) in [5.41, 5.74) is 2.41. The van der Waals surface area contributed by atoms with Gasteiger partial charge in [0.15, 0.2) is 0 Å². The molecule has 124 valence electrons. The van der Waals surface area contributed by atoms with Crippen molar-refractivity contribution in [3.05, 3.63) is 59.7 Å². The van der Waals surface area contributed by atoms with E-state index >= 15 is 0 Å². The standard InChI is InChI=1S/C19H21N3O2/c1-14(2)21-19(23)22(3)17-8-10-18(11-9-17)24-13-16-6-4-15(12-20)5-7-16/h4-11,14H,13H2,1-3H3,(H,21,23). The first kappa shape index (κ1) is 17.4. The molecule has 5 nitrogen and oxygen atoms in total. The molecule has 2 aromatic rings. The van der Waals surface area contributed by atoms with Gasteiger partial charge in [-0.1, -0.05) is 12.1 Å². The van der Waals surface area contributed by atoms with Gasteiger partial charge in [0.25, 0.3) is 0 Å². The average molecular weight is 323 g/mol. The van der Waals surface area contributed by atoms with Gasteiger partial charge in [0, 0.05) is 18.8 Å². The average Bonchev–Trinajstić information content (AvgIpc) is 2.59. The van der Waals surface area contributed by atoms with Gasteiger partial charge in [-0.05, 0) is 55.8 Å². The zero-order valence-corrected chi connectivity index (χ0v) is 14.1. The molecule has 1 N–H and O–H groups in total. The third kappa shape index (κ3) is 4.75. The van der Waals surface area contributed by atoms with Gasteiger partial charge in [-0.3, -0.25) is 4.90 Å². The summed E-state index contributed by atoms with van der Waals surface area (Å²) >= 11 is 0. The van der Waals surface area contributed by atoms with E-state index in [4.69, 9.17) is 10.00 Å². The fraction of sp³-hybridized carbons (Fsp3) is 0.263. The number of ether oxygens (including phenoxy) is 1. The Balaban J connectivity index is 1.94. The Kier molecular flexibility index (Phi) is 5.80. The summed E-state index contributed by atoms with van der Waals surface area (Å²) in [7, 11) is 1.73. The van der Waals surface area contributed by atoms with Crippen molar-refractivity contribution in [3.8, 4) is 11.8 Å². The second kappa shape index (κ2) is 8.02. The Morgan fingerprint density at radius 2 is 1.79 bits per heavy atom. The summed E-state index contributed by atoms with van der Waals surface area (Å²) in [5, 5.41) is 11.6. The van der Waals surface area contributed by atoms with Crippen molar-refractivity contribution >= 4 is 11.7 Å². The highest BCUT2D eigenvalue weighted by Crippen LogP contribution is 2.19. The molecule has 5 heteroatoms. The number of hydrogen-bond acceptors (Lipinski definition) is 3. The summed E-state index contributed by atoms with van der Waals surface area (Å²) in [6.45, 7) is 4.27. The SMILES string of the molecule is CC(C)NC(=O)N(C)c1ccc(OCc2ccc(C#N)cc2)cc1. The lowest BCUT2D eigenvalue weighted by atomic mass is 10.1. The van der Waals surface area contributed by atoms with Crippen molar-refractivity contribution < 1.29 is 9.53 Å². The Hall–Kier alpha value is -3.00. The highest BCUT2D eigenvalue weighted by atomic mass is 16.5. The number of nitrogens with zero attached hydrogens (tertiary/aromatic N) is 2. The van der Waals surface area contributed by atoms with E-state index in [0.717, 1.165) is 17.0 Å². The minimum atomic E-state index is -0.142. The van der Waals surface area contributed by atoms with Gasteiger partial charge in [-0.25, -0.2) is 4.79 Å². The van der Waals surface area contributed by atoms with Gasteiger partial charge in [0.1, 0.15) is 12.4 Å². The molecule has 0 aliphatic rings. The predicted octanol–water partition coefficient (Wildman–Crippen LogP) is 3.69. The van der Waals surface area contributed by atoms with Crippen molar-refractivity contribution in [2.45, 2.75) is 26.5 Å². The number of urea groups is 1. The zero-order chi connectivity index (χ0) is 17.5. The summed E-state index contributed by atoms with van der Waals surface area (Å²) < 4.78 is 5.72. The lowest BCUT2D eigenvalue weighted by Crippen LogP contribution is -2.40. The lowest BCUT2D eigenvalue weighted by molar-refractivity contribution is 0.245. The molecule has 0 saturated heterocycles. The minimum Gasteiger partial charge on any atom is -0.489 e. The maximum Gasteiger partial charge on any atom is 0.321 e. The molecule has 0 unspecified atom stereocenters. The van der Waals surface area contributed by atoms with Crippen molar-refractivity contribution in [1.82, 2.24) is 5.32 Å². The maximum absolute atomic E-state index is 12.0. The molecule has 0 spiro atoms. The second-order valence-electron chi connectivity index (χ2n) is 5.75. The van der Waals surface area contributed by atoms with Gasteiger partial charge in [0.2, 0.25) is 0 Å². The first-order chi connectivity index (χ1) is 11.5. The van der Waals surface area contributed by atoms with Crippen LogP contribution in [-0.4, -0.2) is 19.1 Å². The number of amides is 2. The number of rotatable bonds is 5. The normalized spacial score (nSPS) is 10.1. The number of carbonyl (C=O) groups is 1. The second-order valence-corrected chi connectivity index (χ2v) is 5.75. The Bertz CT molecular complexity index is 716. The fourth-order valence-electron chi connectivity index (χ4n) is 2.07. The monoisotopic (exact) mass is 323 g/mol. The molecule has 0 aliphatic carbocycles. The van der Waals surface area contributed by atoms with E-state index in [0.29, 0.717) is 12.2 Å². The largest absolute Gasteiger partial charge is 0.489 e. The molecule has 2 rings (SSSR count). The Morgan fingerprint density at radius 3 is 2.33 bits per heavy atom. The van der Waals surface area contributed by atoms with Crippen molar-refractivity contribution in [1.29, 1.82) is 5.26 Å². The van der Waals surface area contributed by atoms with Crippen LogP contribution in [0, 0.1) is 11.3 Å². The molecule has 0 radical (unpaired) electrons. The molecule has 0 aliphatic heterocycles. The molecule has 0 aromatic heterocycles. The van der Waals surface area contributed by atoms with E-state index in [2.05, 4.69) is 11.4 Å². The van der Waals surface area contributed by atoms with Crippen LogP contribution in [0.1, 0.15) is 25.0 Å². The smallest absolute Gasteiger partial charge is 0.321 e. The Morgan fingerprint density at radius 1 is 1.17 bits per heavy atom. The number of hydrogen-bond donors (Lipinski definition) is 1. The molecule has 0 bridgehead atoms. The van der Waals surface area contributed by atoms with Gasteiger partial charge < -0.3 is 10.1 Å². The topological polar surface area (TPSA) is 65.4 Å². The molecule has 0 fully saturated rings. The van der Waals surface area contributed by atoms with Gasteiger partial charge in [0.05, 0.1) is 11.6 Å². The van der Waals surface area contributed by atoms with Gasteiger partial charge >= 0.3 is 6.03 Å². The van der Waals surface area contributed by atoms with Crippen LogP contribution in [0.15, 0.2) is 48.5 Å². The molecule has 0 saturated carbocycles. The van der Waals surface area contributed by atoms with Crippen molar-refractivity contribution in [3.63, 3.8) is 0 Å². The number of nitriles is 1. The number of nitrogens with one attached hydrogen (secondary N) is 1. The third-order valence-corrected chi connectivity index (χ3v) is 3.43. The van der Waals surface area contributed by atoms with Crippen LogP contribution in [-0.2, 0) is 6.61 Å². The zero-order valence-electron chi connectivity index (χ0n) is 14.1. The van der Waals surface area contributed by atoms with Crippen LogP contribution in [0.25, 0.3) is 0 Å². The van der Waals surface area contributed by atoms with Crippen LogP contribution >= 0.6 is 0 Å². The molecule has 24 heavy (non-hydrogen) atoms. The predicted molar refractivity (Wildman–Crippen MR) is 94.0 cm³/mol. The number of benzene rings is 2. The minimum absolute atomic E-state index is 0.0926. The lowest BCUT2D eigenvalue weighted by Gasteiger charge is -2.20. The first-order valence-electron chi connectivity index (χ1n) is 7.75. The van der Waals surface area contributed by atoms with Gasteiger partial charge in [-0.15, -0.1) is 0 Å². The number of anilines is 1. The van der Waals surface area contributed by atoms with E-state index in [1.807, 2.05) is 50.2 Å². The van der Waals surface area contributed by atoms with Crippen molar-refractivity contribution in [2.75, 3.05) is 11.9 Å². The maximum atomic E-state index is 12.0. The molecule has 0 heterocycles. The highest BCUT2D eigenvalue weighted by Gasteiger charge is 2.11. The Labute approximate surface area is 142 Å². The molecular weight excluding hydrogens is 302 g/mol. The van der Waals surface area contributed by atoms with Crippen LogP contribution in [0.5, 0.6) is 5.75 Å². The molecule has 2 amide bonds. The van der Waals surface area contributed by atoms with E-state index in [-0.39, 0.29) is 12.1 Å². The van der Waals surface area contributed by atoms with Gasteiger partial charge in [-0.2, -0.15) is 5.26 Å². The summed E-state index contributed by atoms with van der Waals surface area (Å²) in [5.74, 6) is 0.723. The van der Waals surface area contributed by atoms with Crippen molar-refractivity contribution in [2.24, 2.45) is 0 Å². The van der Waals surface area contributed by atoms with Crippen LogP contribution in [0.3, 0.4) is 0 Å². The first-order valence-corrected chi connectivity index (χ1v) is 7.75. The van der Waals surface area contributed by atoms with Crippen LogP contribution in [0.4, 0.5) is 10.5 Å². The van der Waals surface area contributed by atoms with E-state index in [9.17, 15) is 4.79 Å².